The SMILES string of the molecule is Cc1ccccc1CNC(=O)CN(C(=O)c1cccc(C(=N)N)c1)c1ccccc1. The van der Waals surface area contributed by atoms with Gasteiger partial charge in [0.05, 0.1) is 0 Å². The Morgan fingerprint density at radius 1 is 0.933 bits per heavy atom. The van der Waals surface area contributed by atoms with E-state index < -0.39 is 0 Å². The second kappa shape index (κ2) is 9.52. The van der Waals surface area contributed by atoms with E-state index in [-0.39, 0.29) is 24.2 Å². The van der Waals surface area contributed by atoms with Crippen LogP contribution in [-0.2, 0) is 11.3 Å². The molecule has 0 bridgehead atoms. The molecule has 3 aromatic rings. The zero-order valence-electron chi connectivity index (χ0n) is 16.8. The number of amides is 2. The topological polar surface area (TPSA) is 99.3 Å². The molecule has 0 unspecified atom stereocenters. The van der Waals surface area contributed by atoms with Crippen molar-refractivity contribution in [2.24, 2.45) is 5.73 Å². The van der Waals surface area contributed by atoms with Gasteiger partial charge in [0.2, 0.25) is 5.91 Å². The molecule has 30 heavy (non-hydrogen) atoms. The van der Waals surface area contributed by atoms with Crippen LogP contribution in [0.3, 0.4) is 0 Å². The lowest BCUT2D eigenvalue weighted by molar-refractivity contribution is -0.119. The van der Waals surface area contributed by atoms with Crippen LogP contribution in [0.1, 0.15) is 27.0 Å². The second-order valence-electron chi connectivity index (χ2n) is 6.92. The number of nitrogens with two attached hydrogens (primary N) is 1. The van der Waals surface area contributed by atoms with Gasteiger partial charge in [0, 0.05) is 23.4 Å². The van der Waals surface area contributed by atoms with Gasteiger partial charge in [-0.05, 0) is 42.3 Å². The molecule has 0 heterocycles. The number of aryl methyl sites for hydroxylation is 1. The summed E-state index contributed by atoms with van der Waals surface area (Å²) in [6.45, 7) is 2.25. The monoisotopic (exact) mass is 400 g/mol. The molecule has 2 amide bonds. The van der Waals surface area contributed by atoms with E-state index in [2.05, 4.69) is 5.32 Å². The second-order valence-corrected chi connectivity index (χ2v) is 6.92. The van der Waals surface area contributed by atoms with Gasteiger partial charge in [-0.2, -0.15) is 0 Å². The Bertz CT molecular complexity index is 1060. The van der Waals surface area contributed by atoms with Crippen molar-refractivity contribution >= 4 is 23.3 Å². The Labute approximate surface area is 175 Å². The fraction of sp³-hybridized carbons (Fsp3) is 0.125. The van der Waals surface area contributed by atoms with Crippen molar-refractivity contribution in [1.29, 1.82) is 5.41 Å². The number of rotatable bonds is 7. The maximum absolute atomic E-state index is 13.2. The Hall–Kier alpha value is -3.93. The van der Waals surface area contributed by atoms with Crippen LogP contribution in [0.5, 0.6) is 0 Å². The number of hydrogen-bond donors (Lipinski definition) is 3. The van der Waals surface area contributed by atoms with Crippen LogP contribution in [-0.4, -0.2) is 24.2 Å². The van der Waals surface area contributed by atoms with Crippen LogP contribution < -0.4 is 16.0 Å². The molecular weight excluding hydrogens is 376 g/mol. The molecular formula is C24H24N4O2. The number of amidine groups is 1. The van der Waals surface area contributed by atoms with Crippen molar-refractivity contribution in [1.82, 2.24) is 5.32 Å². The highest BCUT2D eigenvalue weighted by Gasteiger charge is 2.21. The van der Waals surface area contributed by atoms with E-state index in [1.54, 1.807) is 36.4 Å². The first-order valence-electron chi connectivity index (χ1n) is 9.58. The Kier molecular flexibility index (Phi) is 6.60. The fourth-order valence-electron chi connectivity index (χ4n) is 3.07. The van der Waals surface area contributed by atoms with Crippen LogP contribution in [0.15, 0.2) is 78.9 Å². The molecule has 6 nitrogen and oxygen atoms in total. The first kappa shape index (κ1) is 20.8. The highest BCUT2D eigenvalue weighted by Crippen LogP contribution is 2.18. The first-order chi connectivity index (χ1) is 14.5. The third kappa shape index (κ3) is 5.11. The highest BCUT2D eigenvalue weighted by molar-refractivity contribution is 6.10. The molecule has 0 aromatic heterocycles. The number of anilines is 1. The minimum Gasteiger partial charge on any atom is -0.384 e. The summed E-state index contributed by atoms with van der Waals surface area (Å²) < 4.78 is 0. The molecule has 3 aromatic carbocycles. The largest absolute Gasteiger partial charge is 0.384 e. The van der Waals surface area contributed by atoms with Crippen LogP contribution in [0, 0.1) is 12.3 Å². The molecule has 0 aliphatic rings. The molecule has 4 N–H and O–H groups in total. The molecule has 0 saturated heterocycles. The van der Waals surface area contributed by atoms with E-state index in [4.69, 9.17) is 11.1 Å². The van der Waals surface area contributed by atoms with Gasteiger partial charge in [0.15, 0.2) is 0 Å². The summed E-state index contributed by atoms with van der Waals surface area (Å²) in [4.78, 5) is 27.3. The fourth-order valence-corrected chi connectivity index (χ4v) is 3.07. The van der Waals surface area contributed by atoms with Gasteiger partial charge in [-0.25, -0.2) is 0 Å². The quantitative estimate of drug-likeness (QED) is 0.419. The summed E-state index contributed by atoms with van der Waals surface area (Å²) in [7, 11) is 0. The molecule has 6 heteroatoms. The highest BCUT2D eigenvalue weighted by atomic mass is 16.2. The van der Waals surface area contributed by atoms with Gasteiger partial charge in [0.1, 0.15) is 12.4 Å². The Morgan fingerprint density at radius 3 is 2.30 bits per heavy atom. The molecule has 0 fully saturated rings. The number of para-hydroxylation sites is 1. The summed E-state index contributed by atoms with van der Waals surface area (Å²) in [5.74, 6) is -0.722. The third-order valence-electron chi connectivity index (χ3n) is 4.77. The number of benzene rings is 3. The van der Waals surface area contributed by atoms with Crippen LogP contribution >= 0.6 is 0 Å². The Morgan fingerprint density at radius 2 is 1.60 bits per heavy atom. The van der Waals surface area contributed by atoms with Crippen LogP contribution in [0.2, 0.25) is 0 Å². The summed E-state index contributed by atoms with van der Waals surface area (Å²) in [6.07, 6.45) is 0. The number of carbonyl (C=O) groups is 2. The van der Waals surface area contributed by atoms with Crippen molar-refractivity contribution in [3.05, 3.63) is 101 Å². The molecule has 3 rings (SSSR count). The molecule has 0 saturated carbocycles. The third-order valence-corrected chi connectivity index (χ3v) is 4.77. The average Bonchev–Trinajstić information content (AvgIpc) is 2.77. The van der Waals surface area contributed by atoms with Crippen molar-refractivity contribution < 1.29 is 9.59 Å². The number of nitrogens with zero attached hydrogens (tertiary/aromatic N) is 1. The van der Waals surface area contributed by atoms with Gasteiger partial charge >= 0.3 is 0 Å². The lowest BCUT2D eigenvalue weighted by Gasteiger charge is -2.23. The molecule has 0 spiro atoms. The maximum Gasteiger partial charge on any atom is 0.258 e. The van der Waals surface area contributed by atoms with Crippen molar-refractivity contribution in [2.45, 2.75) is 13.5 Å². The van der Waals surface area contributed by atoms with Gasteiger partial charge in [-0.3, -0.25) is 19.9 Å². The molecule has 152 valence electrons. The van der Waals surface area contributed by atoms with Crippen molar-refractivity contribution in [3.63, 3.8) is 0 Å². The van der Waals surface area contributed by atoms with Gasteiger partial charge in [-0.1, -0.05) is 54.6 Å². The minimum atomic E-state index is -0.338. The van der Waals surface area contributed by atoms with Gasteiger partial charge in [0.25, 0.3) is 5.91 Å². The smallest absolute Gasteiger partial charge is 0.258 e. The van der Waals surface area contributed by atoms with Crippen LogP contribution in [0.4, 0.5) is 5.69 Å². The summed E-state index contributed by atoms with van der Waals surface area (Å²) in [5.41, 5.74) is 9.10. The summed E-state index contributed by atoms with van der Waals surface area (Å²) in [6, 6.07) is 23.4. The molecule has 0 aliphatic heterocycles. The van der Waals surface area contributed by atoms with E-state index in [0.29, 0.717) is 23.4 Å². The number of nitrogens with one attached hydrogen (secondary N) is 2. The standard InChI is InChI=1S/C24H24N4O2/c1-17-8-5-6-9-20(17)15-27-22(29)16-28(21-12-3-2-4-13-21)24(30)19-11-7-10-18(14-19)23(25)26/h2-14H,15-16H2,1H3,(H3,25,26)(H,27,29). The Balaban J connectivity index is 1.80. The van der Waals surface area contributed by atoms with E-state index in [1.807, 2.05) is 49.4 Å². The lowest BCUT2D eigenvalue weighted by Crippen LogP contribution is -2.40. The van der Waals surface area contributed by atoms with Gasteiger partial charge in [-0.15, -0.1) is 0 Å². The first-order valence-corrected chi connectivity index (χ1v) is 9.58. The number of carbonyl (C=O) groups excluding carboxylic acids is 2. The predicted octanol–water partition coefficient (Wildman–Crippen LogP) is 3.24. The predicted molar refractivity (Wildman–Crippen MR) is 119 cm³/mol. The van der Waals surface area contributed by atoms with E-state index >= 15 is 0 Å². The van der Waals surface area contributed by atoms with E-state index in [0.717, 1.165) is 11.1 Å². The zero-order chi connectivity index (χ0) is 21.5. The van der Waals surface area contributed by atoms with Crippen molar-refractivity contribution in [3.8, 4) is 0 Å². The normalized spacial score (nSPS) is 10.3. The maximum atomic E-state index is 13.2. The number of nitrogen functional groups attached to an aromatic ring is 1. The van der Waals surface area contributed by atoms with Gasteiger partial charge < -0.3 is 11.1 Å². The van der Waals surface area contributed by atoms with Crippen molar-refractivity contribution in [2.75, 3.05) is 11.4 Å². The molecule has 0 atom stereocenters. The average molecular weight is 400 g/mol. The zero-order valence-corrected chi connectivity index (χ0v) is 16.8. The molecule has 0 radical (unpaired) electrons. The summed E-state index contributed by atoms with van der Waals surface area (Å²) in [5, 5.41) is 10.5. The summed E-state index contributed by atoms with van der Waals surface area (Å²) >= 11 is 0. The minimum absolute atomic E-state index is 0.119. The number of hydrogen-bond acceptors (Lipinski definition) is 3. The lowest BCUT2D eigenvalue weighted by atomic mass is 10.1. The van der Waals surface area contributed by atoms with E-state index in [9.17, 15) is 9.59 Å². The molecule has 0 aliphatic carbocycles. The van der Waals surface area contributed by atoms with Crippen LogP contribution in [0.25, 0.3) is 0 Å². The van der Waals surface area contributed by atoms with E-state index in [1.165, 1.54) is 4.90 Å².